The molecule has 0 aliphatic heterocycles. The molecule has 11 heteroatoms. The smallest absolute Gasteiger partial charge is 0.327 e. The summed E-state index contributed by atoms with van der Waals surface area (Å²) in [6.45, 7) is 0. The summed E-state index contributed by atoms with van der Waals surface area (Å²) in [5.41, 5.74) is 3.73. The average Bonchev–Trinajstić information content (AvgIpc) is 3.44. The third-order valence-electron chi connectivity index (χ3n) is 5.98. The van der Waals surface area contributed by atoms with Gasteiger partial charge in [-0.25, -0.2) is 23.5 Å². The first kappa shape index (κ1) is 25.2. The fourth-order valence-electron chi connectivity index (χ4n) is 4.20. The van der Waals surface area contributed by atoms with Crippen molar-refractivity contribution in [2.45, 2.75) is 25.4 Å². The number of aliphatic hydroxyl groups excluding tert-OH is 1. The number of nitrogens with one attached hydrogen (secondary N) is 1. The maximum absolute atomic E-state index is 13.2. The van der Waals surface area contributed by atoms with Crippen molar-refractivity contribution in [2.75, 3.05) is 0 Å². The molecular weight excluding hydrogens is 480 g/mol. The number of terminal acetylenes is 1. The largest absolute Gasteiger partial charge is 0.388 e. The lowest BCUT2D eigenvalue weighted by Crippen LogP contribution is -2.11. The van der Waals surface area contributed by atoms with Gasteiger partial charge in [0.2, 0.25) is 5.95 Å². The minimum Gasteiger partial charge on any atom is -0.388 e. The first-order valence-corrected chi connectivity index (χ1v) is 11.1. The van der Waals surface area contributed by atoms with Gasteiger partial charge in [-0.1, -0.05) is 0 Å². The van der Waals surface area contributed by atoms with Crippen LogP contribution in [0.3, 0.4) is 0 Å². The van der Waals surface area contributed by atoms with E-state index in [2.05, 4.69) is 38.9 Å². The number of nitriles is 1. The Bertz CT molecular complexity index is 1730. The molecule has 0 bridgehead atoms. The molecule has 6 rings (SSSR count). The van der Waals surface area contributed by atoms with Crippen molar-refractivity contribution in [3.63, 3.8) is 0 Å². The van der Waals surface area contributed by atoms with E-state index in [1.54, 1.807) is 42.3 Å². The molecule has 1 aliphatic carbocycles. The number of imidazole rings is 2. The van der Waals surface area contributed by atoms with Gasteiger partial charge in [0.05, 0.1) is 35.0 Å². The van der Waals surface area contributed by atoms with Crippen molar-refractivity contribution in [1.82, 2.24) is 29.1 Å². The number of benzene rings is 2. The summed E-state index contributed by atoms with van der Waals surface area (Å²) in [6.07, 6.45) is 12.4. The van der Waals surface area contributed by atoms with Crippen molar-refractivity contribution in [3.8, 4) is 24.9 Å². The lowest BCUT2D eigenvalue weighted by atomic mass is 9.89. The summed E-state index contributed by atoms with van der Waals surface area (Å²) in [6, 6.07) is 9.43. The van der Waals surface area contributed by atoms with Gasteiger partial charge < -0.3 is 5.11 Å². The maximum Gasteiger partial charge on any atom is 0.327 e. The quantitative estimate of drug-likeness (QED) is 0.339. The number of fused-ring (bicyclic) bond motifs is 3. The Labute approximate surface area is 209 Å². The maximum atomic E-state index is 13.2. The highest BCUT2D eigenvalue weighted by Crippen LogP contribution is 2.32. The summed E-state index contributed by atoms with van der Waals surface area (Å²) in [5.74, 6) is -0.806. The van der Waals surface area contributed by atoms with Gasteiger partial charge in [0.25, 0.3) is 0 Å². The molecule has 3 aromatic heterocycles. The first-order valence-electron chi connectivity index (χ1n) is 11.1. The Hall–Kier alpha value is -4.87. The van der Waals surface area contributed by atoms with Crippen LogP contribution in [0.1, 0.15) is 35.6 Å². The highest BCUT2D eigenvalue weighted by Gasteiger charge is 2.22. The van der Waals surface area contributed by atoms with Crippen molar-refractivity contribution >= 4 is 22.2 Å². The van der Waals surface area contributed by atoms with Gasteiger partial charge >= 0.3 is 5.69 Å². The van der Waals surface area contributed by atoms with Gasteiger partial charge in [-0.3, -0.25) is 14.1 Å². The normalized spacial score (nSPS) is 14.1. The van der Waals surface area contributed by atoms with E-state index in [9.17, 15) is 18.7 Å². The van der Waals surface area contributed by atoms with Crippen LogP contribution in [0.2, 0.25) is 0 Å². The van der Waals surface area contributed by atoms with E-state index in [4.69, 9.17) is 5.26 Å². The number of rotatable bonds is 1. The minimum absolute atomic E-state index is 0.247. The summed E-state index contributed by atoms with van der Waals surface area (Å²) >= 11 is 0. The van der Waals surface area contributed by atoms with Crippen molar-refractivity contribution < 1.29 is 13.9 Å². The number of nitrogens with zero attached hydrogens (tertiary/aromatic N) is 6. The Balaban J connectivity index is 0.000000182. The van der Waals surface area contributed by atoms with Crippen LogP contribution >= 0.6 is 0 Å². The zero-order chi connectivity index (χ0) is 26.7. The van der Waals surface area contributed by atoms with Crippen LogP contribution in [0.15, 0.2) is 47.7 Å². The summed E-state index contributed by atoms with van der Waals surface area (Å²) < 4.78 is 29.1. The van der Waals surface area contributed by atoms with Gasteiger partial charge in [0.1, 0.15) is 23.5 Å². The molecule has 0 amide bonds. The molecule has 0 saturated heterocycles. The third-order valence-corrected chi connectivity index (χ3v) is 5.98. The van der Waals surface area contributed by atoms with Crippen LogP contribution in [0.25, 0.3) is 28.1 Å². The lowest BCUT2D eigenvalue weighted by molar-refractivity contribution is 0.151. The molecule has 0 unspecified atom stereocenters. The van der Waals surface area contributed by atoms with E-state index in [1.165, 1.54) is 10.6 Å². The fraction of sp³-hybridized carbons (Fsp3) is 0.192. The topological polar surface area (TPSA) is 125 Å². The zero-order valence-corrected chi connectivity index (χ0v) is 19.7. The molecule has 0 saturated carbocycles. The molecule has 2 N–H and O–H groups in total. The van der Waals surface area contributed by atoms with Gasteiger partial charge in [-0.05, 0) is 49.1 Å². The second-order valence-electron chi connectivity index (χ2n) is 8.19. The molecular formula is C26H21F2N7O2. The van der Waals surface area contributed by atoms with Gasteiger partial charge in [-0.2, -0.15) is 10.2 Å². The number of hydrogen-bond donors (Lipinski definition) is 2. The molecule has 37 heavy (non-hydrogen) atoms. The molecule has 1 aliphatic rings. The van der Waals surface area contributed by atoms with Crippen LogP contribution < -0.4 is 5.69 Å². The second kappa shape index (κ2) is 10.4. The number of aromatic nitrogens is 6. The van der Waals surface area contributed by atoms with E-state index in [0.717, 1.165) is 23.5 Å². The number of halogens is 2. The highest BCUT2D eigenvalue weighted by molar-refractivity contribution is 5.79. The number of aryl methyl sites for hydroxylation is 2. The van der Waals surface area contributed by atoms with Crippen molar-refractivity contribution in [3.05, 3.63) is 81.7 Å². The van der Waals surface area contributed by atoms with Crippen LogP contribution in [-0.2, 0) is 13.5 Å². The zero-order valence-electron chi connectivity index (χ0n) is 19.7. The lowest BCUT2D eigenvalue weighted by Gasteiger charge is -2.21. The van der Waals surface area contributed by atoms with Crippen molar-refractivity contribution in [2.24, 2.45) is 7.05 Å². The third kappa shape index (κ3) is 4.81. The average molecular weight is 501 g/mol. The molecule has 186 valence electrons. The van der Waals surface area contributed by atoms with Gasteiger partial charge in [0, 0.05) is 18.7 Å². The monoisotopic (exact) mass is 501 g/mol. The van der Waals surface area contributed by atoms with Gasteiger partial charge in [-0.15, -0.1) is 12.8 Å². The molecule has 2 aromatic carbocycles. The standard InChI is InChI=1S/C14H9N7O.C10H10F2O.C2H2/c1-20-11-6-16-13(18-12(11)19-14(20)22)21-7-17-9-3-2-8(5-15)4-10(9)21;11-7-4-6-2-1-3-9(13)10(6)8(12)5-7;1-2/h2-4,6-7H,1H3,(H,16,18,19,22);4-5,9,13H,1-3H2;1-2H/t;9-;/m.1./s1. The second-order valence-corrected chi connectivity index (χ2v) is 8.19. The summed E-state index contributed by atoms with van der Waals surface area (Å²) in [4.78, 5) is 27.2. The number of aromatic amines is 1. The highest BCUT2D eigenvalue weighted by atomic mass is 19.1. The molecule has 9 nitrogen and oxygen atoms in total. The summed E-state index contributed by atoms with van der Waals surface area (Å²) in [7, 11) is 1.65. The van der Waals surface area contributed by atoms with Crippen LogP contribution in [0.5, 0.6) is 0 Å². The number of hydrogen-bond acceptors (Lipinski definition) is 6. The molecule has 0 fully saturated rings. The number of aliphatic hydroxyl groups is 1. The number of H-pyrrole nitrogens is 1. The SMILES string of the molecule is C#C.Cn1c(=O)[nH]c2nc(-n3cnc4ccc(C#N)cc43)ncc21.O[C@@H]1CCCc2cc(F)cc(F)c21. The molecule has 1 atom stereocenters. The molecule has 0 spiro atoms. The fourth-order valence-corrected chi connectivity index (χ4v) is 4.20. The molecule has 3 heterocycles. The van der Waals surface area contributed by atoms with Crippen LogP contribution in [-0.4, -0.2) is 34.2 Å². The van der Waals surface area contributed by atoms with E-state index in [1.807, 2.05) is 0 Å². The molecule has 5 aromatic rings. The van der Waals surface area contributed by atoms with E-state index >= 15 is 0 Å². The predicted molar refractivity (Wildman–Crippen MR) is 133 cm³/mol. The van der Waals surface area contributed by atoms with Crippen LogP contribution in [0, 0.1) is 35.8 Å². The molecule has 0 radical (unpaired) electrons. The Morgan fingerprint density at radius 3 is 2.73 bits per heavy atom. The minimum atomic E-state index is -0.760. The van der Waals surface area contributed by atoms with Gasteiger partial charge in [0.15, 0.2) is 5.65 Å². The van der Waals surface area contributed by atoms with E-state index in [0.29, 0.717) is 41.1 Å². The summed E-state index contributed by atoms with van der Waals surface area (Å²) in [5, 5.41) is 18.5. The Kier molecular flexibility index (Phi) is 7.09. The Morgan fingerprint density at radius 1 is 1.19 bits per heavy atom. The van der Waals surface area contributed by atoms with Crippen molar-refractivity contribution in [1.29, 1.82) is 5.26 Å². The van der Waals surface area contributed by atoms with Crippen LogP contribution in [0.4, 0.5) is 8.78 Å². The predicted octanol–water partition coefficient (Wildman–Crippen LogP) is 3.45. The van der Waals surface area contributed by atoms with E-state index in [-0.39, 0.29) is 11.3 Å². The van der Waals surface area contributed by atoms with E-state index < -0.39 is 17.7 Å². The Morgan fingerprint density at radius 2 is 1.97 bits per heavy atom. The first-order chi connectivity index (χ1) is 17.9.